The molecule has 3 rings (SSSR count). The number of rotatable bonds is 13. The summed E-state index contributed by atoms with van der Waals surface area (Å²) in [6.07, 6.45) is 1.49. The smallest absolute Gasteiger partial charge is 0.271 e. The maximum Gasteiger partial charge on any atom is 0.271 e. The van der Waals surface area contributed by atoms with Gasteiger partial charge < -0.3 is 24.7 Å². The van der Waals surface area contributed by atoms with E-state index in [1.165, 1.54) is 6.21 Å². The number of primary amides is 1. The van der Waals surface area contributed by atoms with Crippen molar-refractivity contribution in [3.8, 4) is 23.0 Å². The molecule has 0 saturated heterocycles. The van der Waals surface area contributed by atoms with Crippen molar-refractivity contribution in [1.82, 2.24) is 5.43 Å². The number of carbonyl (C=O) groups excluding carboxylic acids is 2. The Bertz CT molecular complexity index is 1250. The second-order valence-electron chi connectivity index (χ2n) is 7.59. The largest absolute Gasteiger partial charge is 0.490 e. The van der Waals surface area contributed by atoms with Crippen molar-refractivity contribution in [2.24, 2.45) is 10.8 Å². The Morgan fingerprint density at radius 2 is 1.65 bits per heavy atom. The lowest BCUT2D eigenvalue weighted by Gasteiger charge is -2.14. The van der Waals surface area contributed by atoms with E-state index in [0.29, 0.717) is 57.5 Å². The van der Waals surface area contributed by atoms with Crippen LogP contribution in [0.5, 0.6) is 23.0 Å². The van der Waals surface area contributed by atoms with Crippen LogP contribution >= 0.6 is 22.6 Å². The molecule has 0 aromatic heterocycles. The van der Waals surface area contributed by atoms with E-state index >= 15 is 0 Å². The van der Waals surface area contributed by atoms with Crippen molar-refractivity contribution in [1.29, 1.82) is 0 Å². The molecule has 2 amide bonds. The maximum absolute atomic E-state index is 12.7. The van der Waals surface area contributed by atoms with Gasteiger partial charge in [0.15, 0.2) is 29.6 Å². The van der Waals surface area contributed by atoms with Crippen LogP contribution in [-0.2, 0) is 11.4 Å². The Hall–Kier alpha value is -3.80. The first-order valence-corrected chi connectivity index (χ1v) is 12.6. The zero-order chi connectivity index (χ0) is 26.6. The summed E-state index contributed by atoms with van der Waals surface area (Å²) in [5, 5.41) is 4.07. The average molecular weight is 617 g/mol. The number of carbonyl (C=O) groups is 2. The molecule has 0 heterocycles. The van der Waals surface area contributed by atoms with Crippen LogP contribution in [0.4, 0.5) is 0 Å². The van der Waals surface area contributed by atoms with E-state index < -0.39 is 11.8 Å². The minimum Gasteiger partial charge on any atom is -0.490 e. The molecule has 194 valence electrons. The van der Waals surface area contributed by atoms with E-state index in [2.05, 4.69) is 33.1 Å². The molecule has 0 bridgehead atoms. The van der Waals surface area contributed by atoms with Gasteiger partial charge in [-0.2, -0.15) is 5.10 Å². The van der Waals surface area contributed by atoms with Gasteiger partial charge in [-0.3, -0.25) is 9.59 Å². The molecule has 0 aliphatic heterocycles. The highest BCUT2D eigenvalue weighted by Gasteiger charge is 2.14. The molecule has 3 N–H and O–H groups in total. The summed E-state index contributed by atoms with van der Waals surface area (Å²) >= 11 is 2.07. The number of benzene rings is 3. The van der Waals surface area contributed by atoms with Gasteiger partial charge in [-0.15, -0.1) is 0 Å². The maximum atomic E-state index is 12.7. The Balaban J connectivity index is 1.69. The van der Waals surface area contributed by atoms with Crippen molar-refractivity contribution >= 4 is 40.6 Å². The highest BCUT2D eigenvalue weighted by molar-refractivity contribution is 14.1. The molecule has 0 spiro atoms. The van der Waals surface area contributed by atoms with E-state index in [1.54, 1.807) is 30.3 Å². The van der Waals surface area contributed by atoms with Crippen LogP contribution in [0.15, 0.2) is 65.8 Å². The normalized spacial score (nSPS) is 10.7. The van der Waals surface area contributed by atoms with Crippen LogP contribution in [0.3, 0.4) is 0 Å². The molecular formula is C27H28IN3O6. The number of hydrogen-bond donors (Lipinski definition) is 2. The van der Waals surface area contributed by atoms with Crippen LogP contribution in [-0.4, -0.2) is 37.8 Å². The number of amides is 2. The third kappa shape index (κ3) is 8.38. The van der Waals surface area contributed by atoms with Gasteiger partial charge in [0.2, 0.25) is 0 Å². The molecule has 0 aliphatic rings. The number of ether oxygens (including phenoxy) is 4. The van der Waals surface area contributed by atoms with Crippen molar-refractivity contribution in [3.63, 3.8) is 0 Å². The molecule has 0 unspecified atom stereocenters. The number of hydrogen-bond acceptors (Lipinski definition) is 7. The molecular weight excluding hydrogens is 589 g/mol. The molecule has 3 aromatic carbocycles. The second-order valence-corrected chi connectivity index (χ2v) is 8.75. The average Bonchev–Trinajstić information content (AvgIpc) is 2.88. The number of hydrazone groups is 1. The first-order valence-electron chi connectivity index (χ1n) is 11.6. The zero-order valence-electron chi connectivity index (χ0n) is 20.5. The molecule has 10 heteroatoms. The van der Waals surface area contributed by atoms with E-state index in [0.717, 1.165) is 5.56 Å². The van der Waals surface area contributed by atoms with Crippen LogP contribution in [0.1, 0.15) is 35.3 Å². The van der Waals surface area contributed by atoms with Gasteiger partial charge >= 0.3 is 0 Å². The van der Waals surface area contributed by atoms with Gasteiger partial charge in [-0.1, -0.05) is 30.3 Å². The van der Waals surface area contributed by atoms with Gasteiger partial charge in [0.25, 0.3) is 11.8 Å². The van der Waals surface area contributed by atoms with Crippen LogP contribution < -0.4 is 30.1 Å². The molecule has 0 fully saturated rings. The first-order chi connectivity index (χ1) is 17.9. The van der Waals surface area contributed by atoms with Crippen molar-refractivity contribution in [2.45, 2.75) is 20.5 Å². The summed E-state index contributed by atoms with van der Waals surface area (Å²) in [6, 6.07) is 18.2. The van der Waals surface area contributed by atoms with E-state index in [1.807, 2.05) is 44.2 Å². The number of halogens is 1. The lowest BCUT2D eigenvalue weighted by atomic mass is 10.2. The first kappa shape index (κ1) is 27.8. The molecule has 0 aliphatic carbocycles. The monoisotopic (exact) mass is 617 g/mol. The zero-order valence-corrected chi connectivity index (χ0v) is 22.7. The Labute approximate surface area is 229 Å². The van der Waals surface area contributed by atoms with E-state index in [4.69, 9.17) is 24.7 Å². The third-order valence-corrected chi connectivity index (χ3v) is 5.61. The standard InChI is InChI=1S/C27H28IN3O6/c1-3-34-23-14-20(10-11-22(23)36-16-18-8-6-5-7-9-18)27(33)31-30-15-19-12-21(28)26(37-17-25(29)32)24(13-19)35-4-2/h5-15H,3-4,16-17H2,1-2H3,(H2,29,32)(H,31,33)/b30-15+. The highest BCUT2D eigenvalue weighted by Crippen LogP contribution is 2.34. The summed E-state index contributed by atoms with van der Waals surface area (Å²) in [6.45, 7) is 4.63. The number of nitrogens with two attached hydrogens (primary N) is 1. The molecule has 9 nitrogen and oxygen atoms in total. The quantitative estimate of drug-likeness (QED) is 0.168. The number of nitrogens with zero attached hydrogens (tertiary/aromatic N) is 1. The summed E-state index contributed by atoms with van der Waals surface area (Å²) in [5.41, 5.74) is 9.75. The summed E-state index contributed by atoms with van der Waals surface area (Å²) < 4.78 is 23.4. The van der Waals surface area contributed by atoms with E-state index in [-0.39, 0.29) is 6.61 Å². The fourth-order valence-electron chi connectivity index (χ4n) is 3.21. The lowest BCUT2D eigenvalue weighted by molar-refractivity contribution is -0.120. The van der Waals surface area contributed by atoms with Crippen LogP contribution in [0.2, 0.25) is 0 Å². The second kappa shape index (κ2) is 14.1. The molecule has 3 aromatic rings. The van der Waals surface area contributed by atoms with Gasteiger partial charge in [0, 0.05) is 5.56 Å². The van der Waals surface area contributed by atoms with Gasteiger partial charge in [-0.25, -0.2) is 5.43 Å². The van der Waals surface area contributed by atoms with Gasteiger partial charge in [-0.05, 0) is 77.9 Å². The predicted octanol–water partition coefficient (Wildman–Crippen LogP) is 4.30. The van der Waals surface area contributed by atoms with Crippen molar-refractivity contribution in [3.05, 3.63) is 80.9 Å². The summed E-state index contributed by atoms with van der Waals surface area (Å²) in [4.78, 5) is 23.8. The molecule has 0 radical (unpaired) electrons. The van der Waals surface area contributed by atoms with Crippen molar-refractivity contribution in [2.75, 3.05) is 19.8 Å². The Morgan fingerprint density at radius 1 is 0.919 bits per heavy atom. The fraction of sp³-hybridized carbons (Fsp3) is 0.222. The van der Waals surface area contributed by atoms with Crippen molar-refractivity contribution < 1.29 is 28.5 Å². The SMILES string of the molecule is CCOc1cc(C(=O)N/N=C/c2cc(I)c(OCC(N)=O)c(OCC)c2)ccc1OCc1ccccc1. The van der Waals surface area contributed by atoms with E-state index in [9.17, 15) is 9.59 Å². The summed E-state index contributed by atoms with van der Waals surface area (Å²) in [7, 11) is 0. The van der Waals surface area contributed by atoms with Gasteiger partial charge in [0.05, 0.1) is 23.0 Å². The van der Waals surface area contributed by atoms with Gasteiger partial charge in [0.1, 0.15) is 6.61 Å². The molecule has 0 saturated carbocycles. The summed E-state index contributed by atoms with van der Waals surface area (Å²) in [5.74, 6) is 0.874. The highest BCUT2D eigenvalue weighted by atomic mass is 127. The molecule has 0 atom stereocenters. The topological polar surface area (TPSA) is 121 Å². The third-order valence-electron chi connectivity index (χ3n) is 4.81. The predicted molar refractivity (Wildman–Crippen MR) is 148 cm³/mol. The number of nitrogens with one attached hydrogen (secondary N) is 1. The van der Waals surface area contributed by atoms with Crippen LogP contribution in [0.25, 0.3) is 0 Å². The fourth-order valence-corrected chi connectivity index (χ4v) is 3.99. The minimum atomic E-state index is -0.588. The molecule has 37 heavy (non-hydrogen) atoms. The van der Waals surface area contributed by atoms with Crippen LogP contribution in [0, 0.1) is 3.57 Å². The lowest BCUT2D eigenvalue weighted by Crippen LogP contribution is -2.20. The Morgan fingerprint density at radius 3 is 2.35 bits per heavy atom. The Kier molecular flexibility index (Phi) is 10.6. The minimum absolute atomic E-state index is 0.264.